The molecule has 186 valence electrons. The summed E-state index contributed by atoms with van der Waals surface area (Å²) >= 11 is 0. The van der Waals surface area contributed by atoms with Crippen LogP contribution in [0.5, 0.6) is 5.75 Å². The smallest absolute Gasteiger partial charge is 0.406 e. The molecule has 1 heterocycles. The second-order valence-corrected chi connectivity index (χ2v) is 8.91. The average molecular weight is 479 g/mol. The van der Waals surface area contributed by atoms with Crippen molar-refractivity contribution < 1.29 is 27.8 Å². The van der Waals surface area contributed by atoms with E-state index >= 15 is 0 Å². The summed E-state index contributed by atoms with van der Waals surface area (Å²) < 4.78 is 47.6. The van der Waals surface area contributed by atoms with Crippen LogP contribution in [0.3, 0.4) is 0 Å². The standard InChI is InChI=1S/C26H33F3N2O3/c1-6-18-11-23-22(19-7-9-21(10-8-19)34-26(27,28)29)12-20(14-30(4)16-33-17(2)3)24(15-32)25(23)31(5)13-18/h7-10,12-13,17,32H,6,11,14-16H2,1-5H3. The number of halogens is 3. The van der Waals surface area contributed by atoms with Gasteiger partial charge in [-0.25, -0.2) is 0 Å². The van der Waals surface area contributed by atoms with Gasteiger partial charge in [0.05, 0.1) is 25.1 Å². The maximum absolute atomic E-state index is 12.6. The highest BCUT2D eigenvalue weighted by Gasteiger charge is 2.31. The minimum Gasteiger partial charge on any atom is -0.406 e. The van der Waals surface area contributed by atoms with Gasteiger partial charge in [0.2, 0.25) is 0 Å². The molecule has 0 saturated heterocycles. The lowest BCUT2D eigenvalue weighted by atomic mass is 9.85. The first-order chi connectivity index (χ1) is 16.0. The second kappa shape index (κ2) is 10.8. The van der Waals surface area contributed by atoms with Crippen LogP contribution in [0, 0.1) is 0 Å². The van der Waals surface area contributed by atoms with Gasteiger partial charge in [0.15, 0.2) is 0 Å². The van der Waals surface area contributed by atoms with Gasteiger partial charge in [0.1, 0.15) is 5.75 Å². The van der Waals surface area contributed by atoms with Crippen molar-refractivity contribution >= 4 is 5.69 Å². The third kappa shape index (κ3) is 6.31. The zero-order valence-electron chi connectivity index (χ0n) is 20.4. The molecule has 1 N–H and O–H groups in total. The topological polar surface area (TPSA) is 45.2 Å². The van der Waals surface area contributed by atoms with E-state index in [-0.39, 0.29) is 18.5 Å². The van der Waals surface area contributed by atoms with E-state index in [4.69, 9.17) is 4.74 Å². The molecule has 5 nitrogen and oxygen atoms in total. The number of nitrogens with zero attached hydrogens (tertiary/aromatic N) is 2. The third-order valence-corrected chi connectivity index (χ3v) is 5.82. The zero-order chi connectivity index (χ0) is 25.0. The highest BCUT2D eigenvalue weighted by molar-refractivity contribution is 5.80. The summed E-state index contributed by atoms with van der Waals surface area (Å²) in [7, 11) is 3.91. The summed E-state index contributed by atoms with van der Waals surface area (Å²) in [6.07, 6.45) is -0.942. The van der Waals surface area contributed by atoms with E-state index < -0.39 is 6.36 Å². The van der Waals surface area contributed by atoms with Crippen molar-refractivity contribution in [2.75, 3.05) is 25.7 Å². The largest absolute Gasteiger partial charge is 0.573 e. The molecule has 8 heteroatoms. The number of fused-ring (bicyclic) bond motifs is 1. The summed E-state index contributed by atoms with van der Waals surface area (Å²) in [4.78, 5) is 4.07. The minimum absolute atomic E-state index is 0.0972. The fourth-order valence-electron chi connectivity index (χ4n) is 4.27. The predicted molar refractivity (Wildman–Crippen MR) is 128 cm³/mol. The average Bonchev–Trinajstić information content (AvgIpc) is 2.76. The molecule has 0 bridgehead atoms. The number of allylic oxidation sites excluding steroid dienone is 1. The van der Waals surface area contributed by atoms with Crippen LogP contribution >= 0.6 is 0 Å². The van der Waals surface area contributed by atoms with Gasteiger partial charge in [-0.15, -0.1) is 13.2 Å². The number of alkyl halides is 3. The van der Waals surface area contributed by atoms with Crippen LogP contribution in [0.4, 0.5) is 18.9 Å². The molecule has 0 fully saturated rings. The van der Waals surface area contributed by atoms with Crippen molar-refractivity contribution in [2.24, 2.45) is 0 Å². The normalized spacial score (nSPS) is 14.0. The Labute approximate surface area is 199 Å². The Bertz CT molecular complexity index is 1020. The van der Waals surface area contributed by atoms with E-state index in [0.29, 0.717) is 19.7 Å². The molecule has 3 rings (SSSR count). The Kier molecular flexibility index (Phi) is 8.28. The lowest BCUT2D eigenvalue weighted by Crippen LogP contribution is -2.26. The highest BCUT2D eigenvalue weighted by Crippen LogP contribution is 2.42. The third-order valence-electron chi connectivity index (χ3n) is 5.82. The molecule has 0 atom stereocenters. The van der Waals surface area contributed by atoms with Crippen LogP contribution < -0.4 is 9.64 Å². The molecule has 0 radical (unpaired) electrons. The van der Waals surface area contributed by atoms with Gasteiger partial charge < -0.3 is 19.5 Å². The Morgan fingerprint density at radius 3 is 2.41 bits per heavy atom. The van der Waals surface area contributed by atoms with Gasteiger partial charge in [0.25, 0.3) is 0 Å². The molecule has 2 aromatic carbocycles. The zero-order valence-corrected chi connectivity index (χ0v) is 20.4. The van der Waals surface area contributed by atoms with Gasteiger partial charge in [0, 0.05) is 25.4 Å². The van der Waals surface area contributed by atoms with Crippen molar-refractivity contribution in [1.29, 1.82) is 0 Å². The van der Waals surface area contributed by atoms with E-state index in [2.05, 4.69) is 17.9 Å². The Morgan fingerprint density at radius 2 is 1.85 bits per heavy atom. The number of anilines is 1. The number of ether oxygens (including phenoxy) is 2. The minimum atomic E-state index is -4.73. The van der Waals surface area contributed by atoms with E-state index in [1.165, 1.54) is 17.7 Å². The fraction of sp³-hybridized carbons (Fsp3) is 0.462. The first-order valence-corrected chi connectivity index (χ1v) is 11.4. The highest BCUT2D eigenvalue weighted by atomic mass is 19.4. The summed E-state index contributed by atoms with van der Waals surface area (Å²) in [5.74, 6) is -0.255. The Balaban J connectivity index is 2.08. The second-order valence-electron chi connectivity index (χ2n) is 8.91. The summed E-state index contributed by atoms with van der Waals surface area (Å²) in [6.45, 7) is 6.92. The number of benzene rings is 2. The van der Waals surface area contributed by atoms with Crippen molar-refractivity contribution in [3.63, 3.8) is 0 Å². The van der Waals surface area contributed by atoms with E-state index in [1.54, 1.807) is 12.1 Å². The van der Waals surface area contributed by atoms with Gasteiger partial charge in [-0.3, -0.25) is 4.90 Å². The predicted octanol–water partition coefficient (Wildman–Crippen LogP) is 5.85. The Hall–Kier alpha value is -2.55. The maximum atomic E-state index is 12.6. The number of aliphatic hydroxyl groups is 1. The SMILES string of the molecule is CCC1=CN(C)c2c(CO)c(CN(C)COC(C)C)cc(-c3ccc(OC(F)(F)F)cc3)c2C1. The lowest BCUT2D eigenvalue weighted by molar-refractivity contribution is -0.274. The van der Waals surface area contributed by atoms with Gasteiger partial charge in [-0.05, 0) is 79.8 Å². The summed E-state index contributed by atoms with van der Waals surface area (Å²) in [6, 6.07) is 8.01. The van der Waals surface area contributed by atoms with Crippen LogP contribution in [0.1, 0.15) is 43.9 Å². The monoisotopic (exact) mass is 478 g/mol. The van der Waals surface area contributed by atoms with Crippen molar-refractivity contribution in [3.05, 3.63) is 58.8 Å². The van der Waals surface area contributed by atoms with Crippen LogP contribution in [0.25, 0.3) is 11.1 Å². The van der Waals surface area contributed by atoms with E-state index in [0.717, 1.165) is 39.9 Å². The summed E-state index contributed by atoms with van der Waals surface area (Å²) in [5.41, 5.74) is 6.77. The van der Waals surface area contributed by atoms with Gasteiger partial charge in [-0.1, -0.05) is 19.1 Å². The number of rotatable bonds is 9. The molecule has 34 heavy (non-hydrogen) atoms. The van der Waals surface area contributed by atoms with Gasteiger partial charge in [-0.2, -0.15) is 0 Å². The fourth-order valence-corrected chi connectivity index (χ4v) is 4.27. The first-order valence-electron chi connectivity index (χ1n) is 11.4. The van der Waals surface area contributed by atoms with Crippen molar-refractivity contribution in [3.8, 4) is 16.9 Å². The number of hydrogen-bond donors (Lipinski definition) is 1. The maximum Gasteiger partial charge on any atom is 0.573 e. The first kappa shape index (κ1) is 26.1. The van der Waals surface area contributed by atoms with Crippen LogP contribution in [-0.2, 0) is 24.3 Å². The molecule has 0 spiro atoms. The molecule has 2 aromatic rings. The quantitative estimate of drug-likeness (QED) is 0.459. The Morgan fingerprint density at radius 1 is 1.18 bits per heavy atom. The molecule has 0 aromatic heterocycles. The van der Waals surface area contributed by atoms with Crippen LogP contribution in [0.2, 0.25) is 0 Å². The van der Waals surface area contributed by atoms with Crippen LogP contribution in [0.15, 0.2) is 42.1 Å². The molecule has 0 unspecified atom stereocenters. The summed E-state index contributed by atoms with van der Waals surface area (Å²) in [5, 5.41) is 10.3. The van der Waals surface area contributed by atoms with Crippen LogP contribution in [-0.4, -0.2) is 43.3 Å². The molecule has 1 aliphatic heterocycles. The molecule has 0 amide bonds. The molecular formula is C26H33F3N2O3. The molecule has 1 aliphatic rings. The van der Waals surface area contributed by atoms with Crippen molar-refractivity contribution in [1.82, 2.24) is 4.90 Å². The van der Waals surface area contributed by atoms with Crippen molar-refractivity contribution in [2.45, 2.75) is 59.2 Å². The van der Waals surface area contributed by atoms with E-state index in [9.17, 15) is 18.3 Å². The molecule has 0 saturated carbocycles. The van der Waals surface area contributed by atoms with Gasteiger partial charge >= 0.3 is 6.36 Å². The van der Waals surface area contributed by atoms with E-state index in [1.807, 2.05) is 43.8 Å². The molecular weight excluding hydrogens is 445 g/mol. The number of hydrogen-bond acceptors (Lipinski definition) is 5. The number of aliphatic hydroxyl groups excluding tert-OH is 1. The molecule has 0 aliphatic carbocycles. The lowest BCUT2D eigenvalue weighted by Gasteiger charge is -2.32.